The van der Waals surface area contributed by atoms with E-state index in [2.05, 4.69) is 10.7 Å². The first-order valence-corrected chi connectivity index (χ1v) is 15.4. The summed E-state index contributed by atoms with van der Waals surface area (Å²) in [6.45, 7) is 0. The predicted molar refractivity (Wildman–Crippen MR) is 163 cm³/mol. The van der Waals surface area contributed by atoms with Crippen LogP contribution in [0.1, 0.15) is 24.0 Å². The molecule has 9 nitrogen and oxygen atoms in total. The van der Waals surface area contributed by atoms with Crippen molar-refractivity contribution >= 4 is 40.9 Å². The van der Waals surface area contributed by atoms with Crippen molar-refractivity contribution in [3.63, 3.8) is 0 Å². The van der Waals surface area contributed by atoms with Crippen LogP contribution >= 0.6 is 11.6 Å². The number of phenols is 1. The first-order valence-electron chi connectivity index (χ1n) is 15.1. The highest BCUT2D eigenvalue weighted by Gasteiger charge is 2.70. The Hall–Kier alpha value is -4.96. The Balaban J connectivity index is 1.34. The average molecular weight is 640 g/mol. The predicted octanol–water partition coefficient (Wildman–Crippen LogP) is 4.81. The number of aromatic hydroxyl groups is 1. The molecule has 3 aliphatic heterocycles. The third kappa shape index (κ3) is 4.05. The van der Waals surface area contributed by atoms with Crippen molar-refractivity contribution in [2.24, 2.45) is 29.6 Å². The second-order valence-electron chi connectivity index (χ2n) is 12.5. The van der Waals surface area contributed by atoms with Gasteiger partial charge in [-0.05, 0) is 84.5 Å². The topological polar surface area (TPSA) is 125 Å². The molecule has 46 heavy (non-hydrogen) atoms. The van der Waals surface area contributed by atoms with Gasteiger partial charge in [0.1, 0.15) is 17.3 Å². The maximum atomic E-state index is 15.1. The molecular weight excluding hydrogens is 613 g/mol. The summed E-state index contributed by atoms with van der Waals surface area (Å²) in [6.07, 6.45) is 4.30. The Labute approximate surface area is 267 Å². The minimum absolute atomic E-state index is 0.0538. The van der Waals surface area contributed by atoms with Gasteiger partial charge in [0.2, 0.25) is 11.8 Å². The van der Waals surface area contributed by atoms with Crippen LogP contribution in [-0.4, -0.2) is 33.7 Å². The summed E-state index contributed by atoms with van der Waals surface area (Å²) in [7, 11) is 0. The van der Waals surface area contributed by atoms with Gasteiger partial charge < -0.3 is 9.84 Å². The van der Waals surface area contributed by atoms with Gasteiger partial charge in [-0.25, -0.2) is 4.39 Å². The molecule has 3 N–H and O–H groups in total. The van der Waals surface area contributed by atoms with E-state index in [1.165, 1.54) is 30.3 Å². The molecule has 11 heteroatoms. The lowest BCUT2D eigenvalue weighted by atomic mass is 9.48. The van der Waals surface area contributed by atoms with Crippen LogP contribution in [0.2, 0.25) is 5.02 Å². The standard InChI is InChI=1S/C35H27ClFN3O6/c36-20-3-1-19(2-4-20)35-27(33(44)40(34(35)45)39-22-7-5-21(37)6-8-22)15-26-24(10-11-25-29(26)32(43)38-31(25)42)30(35)18-13-17-14-23(41)9-12-28(17)46-16-18/h1-10,12,14,16,25-27,29-30,39,41H,11,13,15H2,(H,38,42,43). The number of anilines is 1. The number of rotatable bonds is 4. The number of halogens is 2. The van der Waals surface area contributed by atoms with Gasteiger partial charge in [-0.3, -0.25) is 29.9 Å². The monoisotopic (exact) mass is 639 g/mol. The average Bonchev–Trinajstić information content (AvgIpc) is 3.45. The number of amides is 4. The van der Waals surface area contributed by atoms with Gasteiger partial charge in [0.25, 0.3) is 11.8 Å². The molecule has 232 valence electrons. The number of allylic oxidation sites excluding steroid dienone is 3. The number of carbonyl (C=O) groups is 4. The van der Waals surface area contributed by atoms with Gasteiger partial charge >= 0.3 is 0 Å². The van der Waals surface area contributed by atoms with E-state index < -0.39 is 52.6 Å². The molecule has 6 atom stereocenters. The third-order valence-corrected chi connectivity index (χ3v) is 10.5. The van der Waals surface area contributed by atoms with Gasteiger partial charge in [-0.2, -0.15) is 5.01 Å². The number of hydrogen-bond donors (Lipinski definition) is 3. The highest BCUT2D eigenvalue weighted by Crippen LogP contribution is 2.63. The van der Waals surface area contributed by atoms with Crippen molar-refractivity contribution in [2.45, 2.75) is 24.7 Å². The number of imide groups is 2. The lowest BCUT2D eigenvalue weighted by molar-refractivity contribution is -0.139. The summed E-state index contributed by atoms with van der Waals surface area (Å²) < 4.78 is 19.8. The summed E-state index contributed by atoms with van der Waals surface area (Å²) in [6, 6.07) is 17.0. The summed E-state index contributed by atoms with van der Waals surface area (Å²) in [5.41, 5.74) is 4.50. The Morgan fingerprint density at radius 2 is 1.74 bits per heavy atom. The zero-order chi connectivity index (χ0) is 31.9. The molecule has 2 aliphatic carbocycles. The quantitative estimate of drug-likeness (QED) is 0.276. The second-order valence-corrected chi connectivity index (χ2v) is 12.9. The maximum Gasteiger partial charge on any atom is 0.260 e. The molecule has 5 aliphatic rings. The van der Waals surface area contributed by atoms with Crippen LogP contribution in [0.15, 0.2) is 90.2 Å². The van der Waals surface area contributed by atoms with E-state index in [9.17, 15) is 23.9 Å². The molecule has 0 bridgehead atoms. The van der Waals surface area contributed by atoms with Crippen LogP contribution in [0, 0.1) is 35.4 Å². The molecule has 3 heterocycles. The van der Waals surface area contributed by atoms with Crippen molar-refractivity contribution in [2.75, 3.05) is 5.43 Å². The number of hydrazine groups is 1. The fourth-order valence-corrected chi connectivity index (χ4v) is 8.51. The number of phenolic OH excluding ortho intramolecular Hbond substituents is 1. The van der Waals surface area contributed by atoms with Crippen molar-refractivity contribution in [1.82, 2.24) is 10.3 Å². The maximum absolute atomic E-state index is 15.1. The number of nitrogens with one attached hydrogen (secondary N) is 2. The second kappa shape index (κ2) is 10.3. The Morgan fingerprint density at radius 3 is 2.50 bits per heavy atom. The van der Waals surface area contributed by atoms with E-state index in [0.29, 0.717) is 46.0 Å². The largest absolute Gasteiger partial charge is 0.508 e. The zero-order valence-corrected chi connectivity index (χ0v) is 25.0. The number of hydrogen-bond acceptors (Lipinski definition) is 7. The van der Waals surface area contributed by atoms with Gasteiger partial charge in [0.15, 0.2) is 0 Å². The smallest absolute Gasteiger partial charge is 0.260 e. The fraction of sp³-hybridized carbons (Fsp3) is 0.257. The van der Waals surface area contributed by atoms with Crippen LogP contribution in [0.25, 0.3) is 0 Å². The zero-order valence-electron chi connectivity index (χ0n) is 24.2. The summed E-state index contributed by atoms with van der Waals surface area (Å²) in [5.74, 6) is -5.08. The van der Waals surface area contributed by atoms with E-state index in [1.807, 2.05) is 6.08 Å². The lowest BCUT2D eigenvalue weighted by Gasteiger charge is -2.51. The van der Waals surface area contributed by atoms with Crippen LogP contribution in [0.3, 0.4) is 0 Å². The molecule has 4 amide bonds. The van der Waals surface area contributed by atoms with Crippen LogP contribution in [0.4, 0.5) is 10.1 Å². The Morgan fingerprint density at radius 1 is 0.978 bits per heavy atom. The van der Waals surface area contributed by atoms with Gasteiger partial charge in [0, 0.05) is 22.9 Å². The molecule has 3 fully saturated rings. The molecule has 3 aromatic rings. The van der Waals surface area contributed by atoms with Crippen molar-refractivity contribution in [1.29, 1.82) is 0 Å². The third-order valence-electron chi connectivity index (χ3n) is 10.2. The fourth-order valence-electron chi connectivity index (χ4n) is 8.38. The summed E-state index contributed by atoms with van der Waals surface area (Å²) in [5, 5.41) is 14.2. The number of carbonyl (C=O) groups excluding carboxylic acids is 4. The molecule has 0 aromatic heterocycles. The van der Waals surface area contributed by atoms with Crippen LogP contribution in [-0.2, 0) is 31.0 Å². The van der Waals surface area contributed by atoms with Gasteiger partial charge in [0.05, 0.1) is 35.1 Å². The summed E-state index contributed by atoms with van der Waals surface area (Å²) >= 11 is 6.31. The van der Waals surface area contributed by atoms with E-state index in [1.54, 1.807) is 42.7 Å². The minimum atomic E-state index is -1.49. The van der Waals surface area contributed by atoms with Crippen LogP contribution < -0.4 is 15.5 Å². The minimum Gasteiger partial charge on any atom is -0.508 e. The van der Waals surface area contributed by atoms with Crippen LogP contribution in [0.5, 0.6) is 11.5 Å². The highest BCUT2D eigenvalue weighted by molar-refractivity contribution is 6.30. The molecule has 6 unspecified atom stereocenters. The number of benzene rings is 3. The molecular formula is C35H27ClFN3O6. The van der Waals surface area contributed by atoms with E-state index in [4.69, 9.17) is 16.3 Å². The molecule has 3 aromatic carbocycles. The number of fused-ring (bicyclic) bond motifs is 5. The Bertz CT molecular complexity index is 1910. The summed E-state index contributed by atoms with van der Waals surface area (Å²) in [4.78, 5) is 55.7. The van der Waals surface area contributed by atoms with Crippen molar-refractivity contribution < 1.29 is 33.4 Å². The normalized spacial score (nSPS) is 29.5. The van der Waals surface area contributed by atoms with Gasteiger partial charge in [-0.1, -0.05) is 35.4 Å². The number of ether oxygens (including phenoxy) is 1. The van der Waals surface area contributed by atoms with Gasteiger partial charge in [-0.15, -0.1) is 0 Å². The molecule has 0 radical (unpaired) electrons. The van der Waals surface area contributed by atoms with E-state index >= 15 is 4.79 Å². The van der Waals surface area contributed by atoms with Crippen molar-refractivity contribution in [3.8, 4) is 11.5 Å². The molecule has 8 rings (SSSR count). The lowest BCUT2D eigenvalue weighted by Crippen LogP contribution is -2.55. The molecule has 1 saturated carbocycles. The first kappa shape index (κ1) is 28.5. The molecule has 2 saturated heterocycles. The van der Waals surface area contributed by atoms with E-state index in [0.717, 1.165) is 10.6 Å². The van der Waals surface area contributed by atoms with Crippen molar-refractivity contribution in [3.05, 3.63) is 112 Å². The molecule has 0 spiro atoms. The SMILES string of the molecule is O=C1NC(=O)C2C1CC=C1C2CC2C(=O)N(Nc3ccc(F)cc3)C(=O)C2(c2ccc(Cl)cc2)C1C1=COc2ccc(O)cc2C1. The number of nitrogens with zero attached hydrogens (tertiary/aromatic N) is 1. The first-order chi connectivity index (χ1) is 22.2. The highest BCUT2D eigenvalue weighted by atomic mass is 35.5. The van der Waals surface area contributed by atoms with E-state index in [-0.39, 0.29) is 24.0 Å². The Kier molecular flexibility index (Phi) is 6.37.